The van der Waals surface area contributed by atoms with Crippen LogP contribution in [0.4, 0.5) is 4.79 Å². The summed E-state index contributed by atoms with van der Waals surface area (Å²) < 4.78 is 0. The molecule has 3 fully saturated rings. The van der Waals surface area contributed by atoms with Crippen molar-refractivity contribution >= 4 is 30.3 Å². The Balaban J connectivity index is 0.00000261. The Morgan fingerprint density at radius 1 is 1.22 bits per heavy atom. The van der Waals surface area contributed by atoms with Gasteiger partial charge in [0.05, 0.1) is 6.04 Å². The lowest BCUT2D eigenvalue weighted by Crippen LogP contribution is -2.47. The molecule has 3 aliphatic rings. The van der Waals surface area contributed by atoms with Crippen LogP contribution in [-0.2, 0) is 9.59 Å². The van der Waals surface area contributed by atoms with E-state index >= 15 is 0 Å². The molecule has 0 aromatic heterocycles. The number of halogens is 1. The highest BCUT2D eigenvalue weighted by atomic mass is 35.5. The summed E-state index contributed by atoms with van der Waals surface area (Å²) in [5.41, 5.74) is -0.805. The van der Waals surface area contributed by atoms with Crippen molar-refractivity contribution in [3.8, 4) is 0 Å². The van der Waals surface area contributed by atoms with Crippen LogP contribution in [0, 0.1) is 5.92 Å². The van der Waals surface area contributed by atoms with Crippen molar-refractivity contribution in [2.24, 2.45) is 5.92 Å². The number of nitrogens with one attached hydrogen (secondary N) is 3. The first-order valence-corrected chi connectivity index (χ1v) is 9.74. The summed E-state index contributed by atoms with van der Waals surface area (Å²) in [6, 6.07) is -0.331. The maximum atomic E-state index is 12.2. The van der Waals surface area contributed by atoms with Gasteiger partial charge >= 0.3 is 6.03 Å². The van der Waals surface area contributed by atoms with Gasteiger partial charge in [-0.1, -0.05) is 0 Å². The highest BCUT2D eigenvalue weighted by Gasteiger charge is 2.44. The van der Waals surface area contributed by atoms with Gasteiger partial charge in [0.2, 0.25) is 5.91 Å². The minimum absolute atomic E-state index is 0. The number of likely N-dealkylation sites (tertiary alicyclic amines) is 1. The minimum Gasteiger partial charge on any atom is -0.354 e. The largest absolute Gasteiger partial charge is 0.354 e. The zero-order valence-corrected chi connectivity index (χ0v) is 17.1. The number of amides is 4. The third-order valence-electron chi connectivity index (χ3n) is 5.63. The number of carbonyl (C=O) groups is 3. The molecule has 27 heavy (non-hydrogen) atoms. The Kier molecular flexibility index (Phi) is 7.47. The van der Waals surface area contributed by atoms with E-state index in [1.807, 2.05) is 0 Å². The lowest BCUT2D eigenvalue weighted by Gasteiger charge is -2.33. The van der Waals surface area contributed by atoms with Crippen molar-refractivity contribution in [1.29, 1.82) is 0 Å². The van der Waals surface area contributed by atoms with E-state index in [-0.39, 0.29) is 36.3 Å². The van der Waals surface area contributed by atoms with Crippen LogP contribution in [0.25, 0.3) is 0 Å². The number of carbonyl (C=O) groups excluding carboxylic acids is 3. The Morgan fingerprint density at radius 2 is 2.00 bits per heavy atom. The molecule has 0 aromatic rings. The zero-order chi connectivity index (χ0) is 18.7. The fourth-order valence-electron chi connectivity index (χ4n) is 4.06. The van der Waals surface area contributed by atoms with Crippen molar-refractivity contribution in [2.75, 3.05) is 39.3 Å². The normalized spacial score (nSPS) is 28.0. The summed E-state index contributed by atoms with van der Waals surface area (Å²) in [6.45, 7) is 8.05. The Morgan fingerprint density at radius 3 is 2.63 bits per heavy atom. The van der Waals surface area contributed by atoms with Crippen molar-refractivity contribution in [3.63, 3.8) is 0 Å². The van der Waals surface area contributed by atoms with Gasteiger partial charge in [-0.15, -0.1) is 12.4 Å². The van der Waals surface area contributed by atoms with Crippen LogP contribution in [0.3, 0.4) is 0 Å². The second-order valence-electron chi connectivity index (χ2n) is 8.21. The van der Waals surface area contributed by atoms with Gasteiger partial charge in [0.1, 0.15) is 5.54 Å². The Bertz CT molecular complexity index is 565. The fourth-order valence-corrected chi connectivity index (χ4v) is 4.06. The van der Waals surface area contributed by atoms with Gasteiger partial charge in [-0.2, -0.15) is 0 Å². The summed E-state index contributed by atoms with van der Waals surface area (Å²) in [5.74, 6) is 0.377. The topological polar surface area (TPSA) is 93.8 Å². The number of piperidine rings is 1. The second-order valence-corrected chi connectivity index (χ2v) is 8.21. The average Bonchev–Trinajstić information content (AvgIpc) is 3.20. The maximum absolute atomic E-state index is 12.2. The van der Waals surface area contributed by atoms with Crippen molar-refractivity contribution in [2.45, 2.75) is 51.1 Å². The predicted octanol–water partition coefficient (Wildman–Crippen LogP) is 0.319. The molecule has 3 N–H and O–H groups in total. The van der Waals surface area contributed by atoms with E-state index < -0.39 is 5.54 Å². The molecule has 3 aliphatic heterocycles. The second kappa shape index (κ2) is 9.21. The molecular weight excluding hydrogens is 370 g/mol. The van der Waals surface area contributed by atoms with Crippen LogP contribution in [0.5, 0.6) is 0 Å². The maximum Gasteiger partial charge on any atom is 0.325 e. The molecule has 0 aliphatic carbocycles. The molecule has 3 heterocycles. The van der Waals surface area contributed by atoms with E-state index in [0.717, 1.165) is 45.3 Å². The molecule has 3 rings (SSSR count). The molecular formula is C18H32ClN5O3. The van der Waals surface area contributed by atoms with Crippen LogP contribution in [-0.4, -0.2) is 78.5 Å². The summed E-state index contributed by atoms with van der Waals surface area (Å²) in [5, 5.41) is 9.02. The summed E-state index contributed by atoms with van der Waals surface area (Å²) in [6.07, 6.45) is 4.17. The number of imide groups is 1. The molecule has 0 spiro atoms. The van der Waals surface area contributed by atoms with E-state index in [0.29, 0.717) is 25.6 Å². The summed E-state index contributed by atoms with van der Waals surface area (Å²) in [7, 11) is 0. The highest BCUT2D eigenvalue weighted by Crippen LogP contribution is 2.19. The standard InChI is InChI=1S/C18H31N5O3.ClH/c1-18(2)16(25)23(17(26)21-18)10-9-22-8-4-5-13(12-22)11-20-15(24)14-6-3-7-19-14;/h13-14,19H,3-12H2,1-2H3,(H,20,24)(H,21,26);1H. The van der Waals surface area contributed by atoms with Gasteiger partial charge in [-0.05, 0) is 58.5 Å². The minimum atomic E-state index is -0.805. The van der Waals surface area contributed by atoms with E-state index in [2.05, 4.69) is 20.9 Å². The number of nitrogens with zero attached hydrogens (tertiary/aromatic N) is 2. The van der Waals surface area contributed by atoms with Crippen molar-refractivity contribution in [3.05, 3.63) is 0 Å². The molecule has 0 radical (unpaired) electrons. The van der Waals surface area contributed by atoms with Gasteiger partial charge in [0.25, 0.3) is 5.91 Å². The zero-order valence-electron chi connectivity index (χ0n) is 16.3. The molecule has 9 heteroatoms. The van der Waals surface area contributed by atoms with Crippen LogP contribution < -0.4 is 16.0 Å². The van der Waals surface area contributed by atoms with Gasteiger partial charge in [-0.25, -0.2) is 4.79 Å². The van der Waals surface area contributed by atoms with E-state index in [1.165, 1.54) is 4.90 Å². The van der Waals surface area contributed by atoms with Crippen LogP contribution >= 0.6 is 12.4 Å². The predicted molar refractivity (Wildman–Crippen MR) is 105 cm³/mol. The molecule has 8 nitrogen and oxygen atoms in total. The number of rotatable bonds is 6. The average molecular weight is 402 g/mol. The first-order chi connectivity index (χ1) is 12.4. The Hall–Kier alpha value is -1.38. The van der Waals surface area contributed by atoms with Gasteiger partial charge in [-0.3, -0.25) is 14.5 Å². The third-order valence-corrected chi connectivity index (χ3v) is 5.63. The molecule has 2 unspecified atom stereocenters. The van der Waals surface area contributed by atoms with Gasteiger partial charge in [0.15, 0.2) is 0 Å². The number of hydrogen-bond donors (Lipinski definition) is 3. The monoisotopic (exact) mass is 401 g/mol. The number of hydrogen-bond acceptors (Lipinski definition) is 5. The molecule has 0 bridgehead atoms. The first kappa shape index (κ1) is 21.9. The first-order valence-electron chi connectivity index (χ1n) is 9.74. The van der Waals surface area contributed by atoms with Crippen LogP contribution in [0.2, 0.25) is 0 Å². The summed E-state index contributed by atoms with van der Waals surface area (Å²) >= 11 is 0. The molecule has 0 saturated carbocycles. The third kappa shape index (κ3) is 5.33. The van der Waals surface area contributed by atoms with Crippen LogP contribution in [0.1, 0.15) is 39.5 Å². The molecule has 154 valence electrons. The number of urea groups is 1. The van der Waals surface area contributed by atoms with E-state index in [1.54, 1.807) is 13.8 Å². The quantitative estimate of drug-likeness (QED) is 0.557. The lowest BCUT2D eigenvalue weighted by molar-refractivity contribution is -0.130. The Labute approximate surface area is 167 Å². The van der Waals surface area contributed by atoms with Gasteiger partial charge in [0, 0.05) is 26.2 Å². The van der Waals surface area contributed by atoms with Crippen molar-refractivity contribution < 1.29 is 14.4 Å². The molecule has 2 atom stereocenters. The van der Waals surface area contributed by atoms with E-state index in [4.69, 9.17) is 0 Å². The molecule has 4 amide bonds. The smallest absolute Gasteiger partial charge is 0.325 e. The lowest BCUT2D eigenvalue weighted by atomic mass is 9.98. The molecule has 0 aromatic carbocycles. The SMILES string of the molecule is CC1(C)NC(=O)N(CCN2CCCC(CNC(=O)C3CCCN3)C2)C1=O.Cl. The van der Waals surface area contributed by atoms with Crippen molar-refractivity contribution in [1.82, 2.24) is 25.8 Å². The fraction of sp³-hybridized carbons (Fsp3) is 0.833. The van der Waals surface area contributed by atoms with E-state index in [9.17, 15) is 14.4 Å². The summed E-state index contributed by atoms with van der Waals surface area (Å²) in [4.78, 5) is 39.9. The molecule has 3 saturated heterocycles. The van der Waals surface area contributed by atoms with Crippen LogP contribution in [0.15, 0.2) is 0 Å². The highest BCUT2D eigenvalue weighted by molar-refractivity contribution is 6.06. The van der Waals surface area contributed by atoms with Gasteiger partial charge < -0.3 is 20.9 Å².